The minimum atomic E-state index is -0.532. The number of fused-ring (bicyclic) bond motifs is 4. The number of urea groups is 1. The average molecular weight is 422 g/mol. The summed E-state index contributed by atoms with van der Waals surface area (Å²) in [4.78, 5) is 17.9. The number of nitrogens with one attached hydrogen (secondary N) is 1. The molecule has 0 aliphatic carbocycles. The zero-order chi connectivity index (χ0) is 21.4. The third-order valence-corrected chi connectivity index (χ3v) is 7.39. The molecule has 3 N–H and O–H groups in total. The predicted molar refractivity (Wildman–Crippen MR) is 119 cm³/mol. The first-order valence-electron chi connectivity index (χ1n) is 11.4. The van der Waals surface area contributed by atoms with Gasteiger partial charge in [-0.15, -0.1) is 0 Å². The molecular weight excluding hydrogens is 390 g/mol. The van der Waals surface area contributed by atoms with Crippen LogP contribution >= 0.6 is 0 Å². The molecular formula is C25H31N3O3. The molecule has 3 heterocycles. The number of hydrogen-bond acceptors (Lipinski definition) is 4. The first kappa shape index (κ1) is 20.3. The van der Waals surface area contributed by atoms with Crippen LogP contribution < -0.4 is 5.32 Å². The molecule has 0 unspecified atom stereocenters. The van der Waals surface area contributed by atoms with E-state index in [1.54, 1.807) is 18.2 Å². The van der Waals surface area contributed by atoms with Crippen LogP contribution in [0.25, 0.3) is 0 Å². The molecule has 4 atom stereocenters. The van der Waals surface area contributed by atoms with Crippen LogP contribution in [-0.4, -0.2) is 58.3 Å². The van der Waals surface area contributed by atoms with Crippen LogP contribution in [-0.2, 0) is 6.42 Å². The number of carbonyl (C=O) groups is 1. The van der Waals surface area contributed by atoms with E-state index in [0.29, 0.717) is 17.5 Å². The average Bonchev–Trinajstić information content (AvgIpc) is 2.80. The van der Waals surface area contributed by atoms with Gasteiger partial charge in [-0.25, -0.2) is 4.79 Å². The van der Waals surface area contributed by atoms with E-state index in [9.17, 15) is 15.0 Å². The number of hydrogen-bond donors (Lipinski definition) is 3. The van der Waals surface area contributed by atoms with Gasteiger partial charge in [-0.2, -0.15) is 0 Å². The fourth-order valence-electron chi connectivity index (χ4n) is 5.86. The molecule has 2 aromatic carbocycles. The van der Waals surface area contributed by atoms with Crippen LogP contribution in [0.4, 0.5) is 4.79 Å². The van der Waals surface area contributed by atoms with Crippen LogP contribution in [0.1, 0.15) is 48.0 Å². The summed E-state index contributed by atoms with van der Waals surface area (Å²) in [5.41, 5.74) is 3.57. The van der Waals surface area contributed by atoms with Crippen LogP contribution in [0.15, 0.2) is 48.5 Å². The SMILES string of the molecule is O=C(N[C@@H](CO)c1cccc(O)c1)N1CCC[C@@H]2CN3CCc4ccccc4[C@@H]3C[C@@H]21. The van der Waals surface area contributed by atoms with Crippen molar-refractivity contribution >= 4 is 6.03 Å². The Bertz CT molecular complexity index is 949. The smallest absolute Gasteiger partial charge is 0.318 e. The quantitative estimate of drug-likeness (QED) is 0.711. The lowest BCUT2D eigenvalue weighted by molar-refractivity contribution is 0.00486. The number of aliphatic hydroxyl groups excluding tert-OH is 1. The summed E-state index contributed by atoms with van der Waals surface area (Å²) in [5.74, 6) is 0.626. The van der Waals surface area contributed by atoms with Crippen LogP contribution in [0.2, 0.25) is 0 Å². The van der Waals surface area contributed by atoms with E-state index in [1.807, 2.05) is 11.0 Å². The predicted octanol–water partition coefficient (Wildman–Crippen LogP) is 3.22. The second-order valence-corrected chi connectivity index (χ2v) is 9.14. The monoisotopic (exact) mass is 421 g/mol. The van der Waals surface area contributed by atoms with Gasteiger partial charge in [0.2, 0.25) is 0 Å². The Balaban J connectivity index is 1.35. The van der Waals surface area contributed by atoms with Gasteiger partial charge in [-0.1, -0.05) is 36.4 Å². The molecule has 2 amide bonds. The number of aromatic hydroxyl groups is 1. The molecule has 2 saturated heterocycles. The van der Waals surface area contributed by atoms with Crippen LogP contribution in [0, 0.1) is 5.92 Å². The number of carbonyl (C=O) groups excluding carboxylic acids is 1. The fourth-order valence-corrected chi connectivity index (χ4v) is 5.86. The molecule has 6 heteroatoms. The van der Waals surface area contributed by atoms with Gasteiger partial charge < -0.3 is 20.4 Å². The van der Waals surface area contributed by atoms with E-state index in [1.165, 1.54) is 11.1 Å². The highest BCUT2D eigenvalue weighted by Gasteiger charge is 2.44. The zero-order valence-corrected chi connectivity index (χ0v) is 17.8. The molecule has 31 heavy (non-hydrogen) atoms. The summed E-state index contributed by atoms with van der Waals surface area (Å²) in [6.07, 6.45) is 4.25. The summed E-state index contributed by atoms with van der Waals surface area (Å²) in [6, 6.07) is 15.4. The summed E-state index contributed by atoms with van der Waals surface area (Å²) < 4.78 is 0. The molecule has 0 aromatic heterocycles. The number of amides is 2. The minimum Gasteiger partial charge on any atom is -0.508 e. The van der Waals surface area contributed by atoms with E-state index >= 15 is 0 Å². The van der Waals surface area contributed by atoms with E-state index in [2.05, 4.69) is 34.5 Å². The van der Waals surface area contributed by atoms with Gasteiger partial charge >= 0.3 is 6.03 Å². The largest absolute Gasteiger partial charge is 0.508 e. The summed E-state index contributed by atoms with van der Waals surface area (Å²) >= 11 is 0. The van der Waals surface area contributed by atoms with Crippen molar-refractivity contribution in [3.8, 4) is 5.75 Å². The molecule has 5 rings (SSSR count). The lowest BCUT2D eigenvalue weighted by Gasteiger charge is -2.52. The van der Waals surface area contributed by atoms with E-state index in [0.717, 1.165) is 45.3 Å². The molecule has 2 fully saturated rings. The van der Waals surface area contributed by atoms with Crippen molar-refractivity contribution in [2.24, 2.45) is 5.92 Å². The molecule has 3 aliphatic rings. The third-order valence-electron chi connectivity index (χ3n) is 7.39. The third kappa shape index (κ3) is 3.90. The molecule has 0 bridgehead atoms. The zero-order valence-electron chi connectivity index (χ0n) is 17.8. The maximum Gasteiger partial charge on any atom is 0.318 e. The molecule has 3 aliphatic heterocycles. The minimum absolute atomic E-state index is 0.116. The molecule has 2 aromatic rings. The van der Waals surface area contributed by atoms with Crippen molar-refractivity contribution in [1.29, 1.82) is 0 Å². The topological polar surface area (TPSA) is 76.0 Å². The number of likely N-dealkylation sites (tertiary alicyclic amines) is 1. The highest BCUT2D eigenvalue weighted by Crippen LogP contribution is 2.42. The lowest BCUT2D eigenvalue weighted by Crippen LogP contribution is -2.59. The second kappa shape index (κ2) is 8.52. The fraction of sp³-hybridized carbons (Fsp3) is 0.480. The number of rotatable bonds is 3. The van der Waals surface area contributed by atoms with Gasteiger partial charge in [0.15, 0.2) is 0 Å². The summed E-state index contributed by atoms with van der Waals surface area (Å²) in [6.45, 7) is 2.69. The Morgan fingerprint density at radius 3 is 2.87 bits per heavy atom. The number of piperidine rings is 2. The Kier molecular flexibility index (Phi) is 5.59. The highest BCUT2D eigenvalue weighted by molar-refractivity contribution is 5.75. The van der Waals surface area contributed by atoms with Crippen molar-refractivity contribution in [3.05, 3.63) is 65.2 Å². The van der Waals surface area contributed by atoms with E-state index < -0.39 is 6.04 Å². The number of benzene rings is 2. The molecule has 0 spiro atoms. The van der Waals surface area contributed by atoms with Gasteiger partial charge in [-0.05, 0) is 60.4 Å². The van der Waals surface area contributed by atoms with Gasteiger partial charge in [0, 0.05) is 31.7 Å². The van der Waals surface area contributed by atoms with Crippen LogP contribution in [0.5, 0.6) is 5.75 Å². The number of aliphatic hydroxyl groups is 1. The van der Waals surface area contributed by atoms with Crippen molar-refractivity contribution in [2.45, 2.75) is 43.8 Å². The highest BCUT2D eigenvalue weighted by atomic mass is 16.3. The van der Waals surface area contributed by atoms with Gasteiger partial charge in [-0.3, -0.25) is 4.90 Å². The Morgan fingerprint density at radius 2 is 2.03 bits per heavy atom. The van der Waals surface area contributed by atoms with Crippen molar-refractivity contribution in [3.63, 3.8) is 0 Å². The second-order valence-electron chi connectivity index (χ2n) is 9.14. The van der Waals surface area contributed by atoms with Gasteiger partial charge in [0.25, 0.3) is 0 Å². The molecule has 0 radical (unpaired) electrons. The maximum atomic E-state index is 13.3. The van der Waals surface area contributed by atoms with Crippen molar-refractivity contribution in [1.82, 2.24) is 15.1 Å². The van der Waals surface area contributed by atoms with Crippen molar-refractivity contribution < 1.29 is 15.0 Å². The number of phenols is 1. The van der Waals surface area contributed by atoms with Gasteiger partial charge in [0.05, 0.1) is 12.6 Å². The molecule has 6 nitrogen and oxygen atoms in total. The van der Waals surface area contributed by atoms with E-state index in [-0.39, 0.29) is 24.4 Å². The maximum absolute atomic E-state index is 13.3. The summed E-state index contributed by atoms with van der Waals surface area (Å²) in [7, 11) is 0. The first-order chi connectivity index (χ1) is 15.1. The van der Waals surface area contributed by atoms with E-state index in [4.69, 9.17) is 0 Å². The normalized spacial score (nSPS) is 26.4. The van der Waals surface area contributed by atoms with Gasteiger partial charge in [0.1, 0.15) is 5.75 Å². The van der Waals surface area contributed by atoms with Crippen LogP contribution in [0.3, 0.4) is 0 Å². The molecule has 0 saturated carbocycles. The summed E-state index contributed by atoms with van der Waals surface area (Å²) in [5, 5.41) is 22.7. The Hall–Kier alpha value is -2.57. The first-order valence-corrected chi connectivity index (χ1v) is 11.4. The Morgan fingerprint density at radius 1 is 1.16 bits per heavy atom. The molecule has 164 valence electrons. The lowest BCUT2D eigenvalue weighted by atomic mass is 9.77. The van der Waals surface area contributed by atoms with Crippen molar-refractivity contribution in [2.75, 3.05) is 26.2 Å². The standard InChI is InChI=1S/C25H31N3O3/c29-16-22(18-6-3-8-20(30)13-18)26-25(31)28-11-4-7-19-15-27-12-10-17-5-1-2-9-21(17)24(27)14-23(19)28/h1-3,5-6,8-9,13,19,22-24,29-30H,4,7,10-12,14-16H2,(H,26,31)/t19-,22+,23+,24+/m1/s1. The number of phenolic OH excluding ortho intramolecular Hbond substituents is 1. The Labute approximate surface area is 183 Å². The number of nitrogens with zero attached hydrogens (tertiary/aromatic N) is 2.